The molecule has 6 atom stereocenters. The maximum absolute atomic E-state index is 11.9. The Morgan fingerprint density at radius 2 is 1.94 bits per heavy atom. The number of esters is 1. The van der Waals surface area contributed by atoms with Crippen molar-refractivity contribution in [2.45, 2.75) is 97.4 Å². The van der Waals surface area contributed by atoms with Crippen LogP contribution >= 0.6 is 0 Å². The van der Waals surface area contributed by atoms with Crippen LogP contribution in [0.15, 0.2) is 11.6 Å². The second kappa shape index (κ2) is 11.9. The summed E-state index contributed by atoms with van der Waals surface area (Å²) in [7, 11) is 0. The number of likely N-dealkylation sites (tertiary alicyclic amines) is 1. The molecule has 1 saturated heterocycles. The van der Waals surface area contributed by atoms with Crippen LogP contribution in [0.1, 0.15) is 79.6 Å². The van der Waals surface area contributed by atoms with E-state index in [0.717, 1.165) is 63.7 Å². The molecule has 0 radical (unpaired) electrons. The first-order chi connectivity index (χ1) is 16.1. The summed E-state index contributed by atoms with van der Waals surface area (Å²) in [6, 6.07) is 0. The smallest absolute Gasteiger partial charge is 0.407 e. The standard InChI is InChI=1S/C27H46N2O5/c1-6-7-12-28-26(31)34-22-10-13-29(14-11-22)17-19(3)23-9-8-20(4)27(32)16-25(33-21(5)30)18(2)15-24(23)27/h15,19-20,22-25,32H,6-14,16-17H2,1-5H3,(H,28,31)/t19?,20-,23+,24-,25-,27-/m1/s1. The predicted octanol–water partition coefficient (Wildman–Crippen LogP) is 4.29. The monoisotopic (exact) mass is 478 g/mol. The summed E-state index contributed by atoms with van der Waals surface area (Å²) in [5.41, 5.74) is 0.231. The van der Waals surface area contributed by atoms with Gasteiger partial charge in [0.25, 0.3) is 0 Å². The van der Waals surface area contributed by atoms with Gasteiger partial charge in [-0.05, 0) is 62.4 Å². The Bertz CT molecular complexity index is 733. The lowest BCUT2D eigenvalue weighted by Crippen LogP contribution is -2.56. The molecule has 7 nitrogen and oxygen atoms in total. The van der Waals surface area contributed by atoms with Gasteiger partial charge in [-0.3, -0.25) is 4.79 Å². The molecule has 1 unspecified atom stereocenters. The first-order valence-electron chi connectivity index (χ1n) is 13.4. The highest BCUT2D eigenvalue weighted by molar-refractivity contribution is 5.67. The van der Waals surface area contributed by atoms with Crippen molar-refractivity contribution in [2.24, 2.45) is 23.7 Å². The van der Waals surface area contributed by atoms with Crippen molar-refractivity contribution >= 4 is 12.1 Å². The molecule has 2 N–H and O–H groups in total. The van der Waals surface area contributed by atoms with Gasteiger partial charge in [0.05, 0.1) is 5.60 Å². The molecule has 0 spiro atoms. The summed E-state index contributed by atoms with van der Waals surface area (Å²) in [6.45, 7) is 13.5. The van der Waals surface area contributed by atoms with E-state index < -0.39 is 5.60 Å². The van der Waals surface area contributed by atoms with Gasteiger partial charge in [0.1, 0.15) is 12.2 Å². The number of rotatable bonds is 8. The maximum atomic E-state index is 11.9. The van der Waals surface area contributed by atoms with Crippen LogP contribution in [-0.4, -0.2) is 66.1 Å². The molecule has 2 aliphatic carbocycles. The Kier molecular flexibility index (Phi) is 9.44. The average molecular weight is 479 g/mol. The molecule has 1 aliphatic heterocycles. The van der Waals surface area contributed by atoms with E-state index in [1.54, 1.807) is 0 Å². The van der Waals surface area contributed by atoms with Crippen LogP contribution in [0.5, 0.6) is 0 Å². The topological polar surface area (TPSA) is 88.1 Å². The fraction of sp³-hybridized carbons (Fsp3) is 0.852. The molecule has 1 saturated carbocycles. The van der Waals surface area contributed by atoms with Gasteiger partial charge < -0.3 is 24.8 Å². The predicted molar refractivity (Wildman–Crippen MR) is 132 cm³/mol. The number of piperidine rings is 1. The highest BCUT2D eigenvalue weighted by atomic mass is 16.6. The van der Waals surface area contributed by atoms with Crippen LogP contribution in [-0.2, 0) is 14.3 Å². The molecule has 1 amide bonds. The van der Waals surface area contributed by atoms with Gasteiger partial charge in [-0.25, -0.2) is 4.79 Å². The molecule has 194 valence electrons. The van der Waals surface area contributed by atoms with Gasteiger partial charge in [-0.15, -0.1) is 0 Å². The Hall–Kier alpha value is -1.60. The average Bonchev–Trinajstić information content (AvgIpc) is 2.77. The third-order valence-electron chi connectivity index (χ3n) is 8.48. The number of carbonyl (C=O) groups is 2. The van der Waals surface area contributed by atoms with E-state index in [0.29, 0.717) is 24.8 Å². The number of fused-ring (bicyclic) bond motifs is 1. The van der Waals surface area contributed by atoms with Crippen molar-refractivity contribution < 1.29 is 24.2 Å². The fourth-order valence-electron chi connectivity index (χ4n) is 6.31. The van der Waals surface area contributed by atoms with Crippen LogP contribution in [0.25, 0.3) is 0 Å². The SMILES string of the molecule is CCCCNC(=O)OC1CCN(CC(C)[C@@H]2CC[C@@H](C)[C@]3(O)C[C@@H](OC(C)=O)C(C)=C[C@H]23)CC1. The number of hydrogen-bond donors (Lipinski definition) is 2. The second-order valence-corrected chi connectivity index (χ2v) is 11.0. The Balaban J connectivity index is 1.55. The molecule has 0 aromatic carbocycles. The van der Waals surface area contributed by atoms with Gasteiger partial charge in [0.15, 0.2) is 0 Å². The molecule has 2 fully saturated rings. The minimum Gasteiger partial charge on any atom is -0.458 e. The Labute approximate surface area is 205 Å². The summed E-state index contributed by atoms with van der Waals surface area (Å²) in [5.74, 6) is 0.811. The van der Waals surface area contributed by atoms with Crippen molar-refractivity contribution in [2.75, 3.05) is 26.2 Å². The Morgan fingerprint density at radius 3 is 2.59 bits per heavy atom. The second-order valence-electron chi connectivity index (χ2n) is 11.0. The first-order valence-corrected chi connectivity index (χ1v) is 13.4. The zero-order chi connectivity index (χ0) is 24.9. The normalized spacial score (nSPS) is 33.4. The van der Waals surface area contributed by atoms with E-state index in [1.165, 1.54) is 6.92 Å². The number of unbranched alkanes of at least 4 members (excludes halogenated alkanes) is 1. The van der Waals surface area contributed by atoms with Crippen LogP contribution < -0.4 is 5.32 Å². The van der Waals surface area contributed by atoms with E-state index in [4.69, 9.17) is 9.47 Å². The summed E-state index contributed by atoms with van der Waals surface area (Å²) >= 11 is 0. The van der Waals surface area contributed by atoms with Crippen LogP contribution in [0, 0.1) is 23.7 Å². The molecule has 34 heavy (non-hydrogen) atoms. The molecule has 3 rings (SSSR count). The van der Waals surface area contributed by atoms with Gasteiger partial charge in [0.2, 0.25) is 0 Å². The number of alkyl carbamates (subject to hydrolysis) is 1. The van der Waals surface area contributed by atoms with Gasteiger partial charge in [-0.1, -0.05) is 33.3 Å². The number of nitrogens with one attached hydrogen (secondary N) is 1. The van der Waals surface area contributed by atoms with Gasteiger partial charge in [-0.2, -0.15) is 0 Å². The lowest BCUT2D eigenvalue weighted by molar-refractivity contribution is -0.159. The number of carbonyl (C=O) groups excluding carboxylic acids is 2. The van der Waals surface area contributed by atoms with Crippen LogP contribution in [0.3, 0.4) is 0 Å². The third-order valence-corrected chi connectivity index (χ3v) is 8.48. The lowest BCUT2D eigenvalue weighted by Gasteiger charge is -2.53. The van der Waals surface area contributed by atoms with E-state index in [-0.39, 0.29) is 36.1 Å². The van der Waals surface area contributed by atoms with Crippen LogP contribution in [0.4, 0.5) is 4.79 Å². The van der Waals surface area contributed by atoms with Crippen LogP contribution in [0.2, 0.25) is 0 Å². The van der Waals surface area contributed by atoms with Gasteiger partial charge >= 0.3 is 12.1 Å². The molecule has 0 aromatic rings. The molecule has 0 bridgehead atoms. The van der Waals surface area contributed by atoms with Gasteiger partial charge in [0, 0.05) is 45.4 Å². The molecule has 3 aliphatic rings. The summed E-state index contributed by atoms with van der Waals surface area (Å²) in [5, 5.41) is 14.6. The van der Waals surface area contributed by atoms with E-state index in [1.807, 2.05) is 6.92 Å². The summed E-state index contributed by atoms with van der Waals surface area (Å²) in [6.07, 6.45) is 7.93. The van der Waals surface area contributed by atoms with E-state index in [9.17, 15) is 14.7 Å². The van der Waals surface area contributed by atoms with Crippen molar-refractivity contribution in [1.29, 1.82) is 0 Å². The molecule has 0 aromatic heterocycles. The minimum absolute atomic E-state index is 0.00376. The lowest BCUT2D eigenvalue weighted by atomic mass is 9.57. The number of aliphatic hydroxyl groups is 1. The van der Waals surface area contributed by atoms with Crippen molar-refractivity contribution in [1.82, 2.24) is 10.2 Å². The zero-order valence-corrected chi connectivity index (χ0v) is 21.8. The zero-order valence-electron chi connectivity index (χ0n) is 21.8. The third kappa shape index (κ3) is 6.54. The van der Waals surface area contributed by atoms with Crippen molar-refractivity contribution in [3.8, 4) is 0 Å². The Morgan fingerprint density at radius 1 is 1.24 bits per heavy atom. The molecular weight excluding hydrogens is 432 g/mol. The first kappa shape index (κ1) is 27.0. The maximum Gasteiger partial charge on any atom is 0.407 e. The number of hydrogen-bond acceptors (Lipinski definition) is 6. The summed E-state index contributed by atoms with van der Waals surface area (Å²) in [4.78, 5) is 26.0. The number of nitrogens with zero attached hydrogens (tertiary/aromatic N) is 1. The minimum atomic E-state index is -0.831. The van der Waals surface area contributed by atoms with E-state index >= 15 is 0 Å². The number of amides is 1. The van der Waals surface area contributed by atoms with Crippen molar-refractivity contribution in [3.63, 3.8) is 0 Å². The number of ether oxygens (including phenoxy) is 2. The summed E-state index contributed by atoms with van der Waals surface area (Å²) < 4.78 is 11.1. The van der Waals surface area contributed by atoms with E-state index in [2.05, 4.69) is 37.1 Å². The van der Waals surface area contributed by atoms with Crippen molar-refractivity contribution in [3.05, 3.63) is 11.6 Å². The molecule has 7 heteroatoms. The molecular formula is C27H46N2O5. The largest absolute Gasteiger partial charge is 0.458 e. The highest BCUT2D eigenvalue weighted by Crippen LogP contribution is 2.51. The quantitative estimate of drug-likeness (QED) is 0.307. The molecule has 1 heterocycles. The fourth-order valence-corrected chi connectivity index (χ4v) is 6.31. The highest BCUT2D eigenvalue weighted by Gasteiger charge is 2.52.